The topological polar surface area (TPSA) is 32.3 Å². The molecule has 3 nitrogen and oxygen atoms in total. The quantitative estimate of drug-likeness (QED) is 0.808. The van der Waals surface area contributed by atoms with Gasteiger partial charge < -0.3 is 10.2 Å². The molecule has 1 aliphatic rings. The second-order valence-corrected chi connectivity index (χ2v) is 4.63. The summed E-state index contributed by atoms with van der Waals surface area (Å²) in [6, 6.07) is 0. The Balaban J connectivity index is 0.00000225. The van der Waals surface area contributed by atoms with Gasteiger partial charge in [0.05, 0.1) is 0 Å². The van der Waals surface area contributed by atoms with Crippen molar-refractivity contribution >= 4 is 18.3 Å². The summed E-state index contributed by atoms with van der Waals surface area (Å²) in [5, 5.41) is 3.06. The lowest BCUT2D eigenvalue weighted by molar-refractivity contribution is -0.131. The van der Waals surface area contributed by atoms with Crippen molar-refractivity contribution in [2.45, 2.75) is 38.5 Å². The van der Waals surface area contributed by atoms with Crippen molar-refractivity contribution in [1.29, 1.82) is 0 Å². The third kappa shape index (κ3) is 5.71. The zero-order valence-corrected chi connectivity index (χ0v) is 11.3. The van der Waals surface area contributed by atoms with Gasteiger partial charge in [0, 0.05) is 26.6 Å². The van der Waals surface area contributed by atoms with E-state index < -0.39 is 0 Å². The number of halogens is 1. The summed E-state index contributed by atoms with van der Waals surface area (Å²) in [7, 11) is 3.82. The van der Waals surface area contributed by atoms with E-state index in [4.69, 9.17) is 0 Å². The molecule has 0 unspecified atom stereocenters. The summed E-state index contributed by atoms with van der Waals surface area (Å²) in [5.41, 5.74) is 0. The second kappa shape index (κ2) is 8.82. The smallest absolute Gasteiger partial charge is 0.222 e. The molecular weight excluding hydrogens is 224 g/mol. The van der Waals surface area contributed by atoms with Gasteiger partial charge in [0.2, 0.25) is 5.91 Å². The lowest BCUT2D eigenvalue weighted by atomic mass is 9.87. The van der Waals surface area contributed by atoms with E-state index in [-0.39, 0.29) is 12.4 Å². The van der Waals surface area contributed by atoms with Gasteiger partial charge in [-0.25, -0.2) is 0 Å². The van der Waals surface area contributed by atoms with E-state index in [1.54, 1.807) is 0 Å². The van der Waals surface area contributed by atoms with Crippen LogP contribution in [0.4, 0.5) is 0 Å². The first-order valence-electron chi connectivity index (χ1n) is 6.12. The van der Waals surface area contributed by atoms with Crippen molar-refractivity contribution in [2.75, 3.05) is 27.2 Å². The number of nitrogens with zero attached hydrogens (tertiary/aromatic N) is 1. The number of likely N-dealkylation sites (N-methyl/N-ethyl adjacent to an activating group) is 2. The summed E-state index contributed by atoms with van der Waals surface area (Å²) in [6.07, 6.45) is 7.27. The van der Waals surface area contributed by atoms with E-state index in [2.05, 4.69) is 5.32 Å². The molecule has 0 bridgehead atoms. The molecular formula is C12H25ClN2O. The fraction of sp³-hybridized carbons (Fsp3) is 0.917. The van der Waals surface area contributed by atoms with Crippen molar-refractivity contribution in [3.8, 4) is 0 Å². The number of hydrogen-bond donors (Lipinski definition) is 1. The van der Waals surface area contributed by atoms with Crippen LogP contribution in [-0.4, -0.2) is 38.0 Å². The minimum atomic E-state index is 0. The number of hydrogen-bond acceptors (Lipinski definition) is 2. The van der Waals surface area contributed by atoms with Crippen LogP contribution in [0.5, 0.6) is 0 Å². The number of rotatable bonds is 5. The van der Waals surface area contributed by atoms with Gasteiger partial charge in [0.15, 0.2) is 0 Å². The van der Waals surface area contributed by atoms with Crippen molar-refractivity contribution in [3.63, 3.8) is 0 Å². The predicted molar refractivity (Wildman–Crippen MR) is 70.0 cm³/mol. The zero-order chi connectivity index (χ0) is 11.1. The van der Waals surface area contributed by atoms with Gasteiger partial charge in [-0.05, 0) is 25.8 Å². The summed E-state index contributed by atoms with van der Waals surface area (Å²) >= 11 is 0. The Morgan fingerprint density at radius 2 is 1.94 bits per heavy atom. The van der Waals surface area contributed by atoms with Crippen LogP contribution in [0.2, 0.25) is 0 Å². The van der Waals surface area contributed by atoms with Crippen LogP contribution in [0.3, 0.4) is 0 Å². The molecule has 0 atom stereocenters. The van der Waals surface area contributed by atoms with Crippen molar-refractivity contribution in [1.82, 2.24) is 10.2 Å². The first-order valence-corrected chi connectivity index (χ1v) is 6.12. The molecule has 1 aliphatic carbocycles. The Bertz CT molecular complexity index is 193. The Morgan fingerprint density at radius 3 is 2.50 bits per heavy atom. The van der Waals surface area contributed by atoms with Gasteiger partial charge in [-0.1, -0.05) is 19.3 Å². The Morgan fingerprint density at radius 1 is 1.31 bits per heavy atom. The highest BCUT2D eigenvalue weighted by molar-refractivity contribution is 5.85. The van der Waals surface area contributed by atoms with E-state index in [1.165, 1.54) is 32.1 Å². The zero-order valence-electron chi connectivity index (χ0n) is 10.5. The molecule has 1 amide bonds. The van der Waals surface area contributed by atoms with Crippen LogP contribution in [0.15, 0.2) is 0 Å². The highest BCUT2D eigenvalue weighted by Gasteiger charge is 2.18. The molecule has 4 heteroatoms. The molecule has 0 saturated heterocycles. The Hall–Kier alpha value is -0.280. The maximum atomic E-state index is 11.8. The summed E-state index contributed by atoms with van der Waals surface area (Å²) in [4.78, 5) is 13.7. The summed E-state index contributed by atoms with van der Waals surface area (Å²) in [6.45, 7) is 1.70. The predicted octanol–water partition coefficient (Wildman–Crippen LogP) is 2.06. The molecule has 0 aromatic rings. The molecule has 0 aliphatic heterocycles. The van der Waals surface area contributed by atoms with E-state index in [0.717, 1.165) is 19.5 Å². The average Bonchev–Trinajstić information content (AvgIpc) is 2.27. The van der Waals surface area contributed by atoms with Gasteiger partial charge in [-0.15, -0.1) is 12.4 Å². The van der Waals surface area contributed by atoms with Crippen LogP contribution in [0.25, 0.3) is 0 Å². The maximum absolute atomic E-state index is 11.8. The largest absolute Gasteiger partial charge is 0.344 e. The van der Waals surface area contributed by atoms with Gasteiger partial charge >= 0.3 is 0 Å². The first-order chi connectivity index (χ1) is 7.24. The third-order valence-corrected chi connectivity index (χ3v) is 3.31. The van der Waals surface area contributed by atoms with Gasteiger partial charge in [0.1, 0.15) is 0 Å². The normalized spacial score (nSPS) is 16.6. The lowest BCUT2D eigenvalue weighted by Crippen LogP contribution is -2.34. The average molecular weight is 249 g/mol. The number of carbonyl (C=O) groups is 1. The molecule has 0 radical (unpaired) electrons. The van der Waals surface area contributed by atoms with Gasteiger partial charge in [0.25, 0.3) is 0 Å². The summed E-state index contributed by atoms with van der Waals surface area (Å²) < 4.78 is 0. The number of nitrogens with one attached hydrogen (secondary N) is 1. The van der Waals surface area contributed by atoms with Gasteiger partial charge in [-0.3, -0.25) is 4.79 Å². The van der Waals surface area contributed by atoms with E-state index >= 15 is 0 Å². The molecule has 0 aromatic heterocycles. The molecule has 16 heavy (non-hydrogen) atoms. The molecule has 1 rings (SSSR count). The van der Waals surface area contributed by atoms with E-state index in [1.807, 2.05) is 19.0 Å². The van der Waals surface area contributed by atoms with Gasteiger partial charge in [-0.2, -0.15) is 0 Å². The molecule has 0 aromatic carbocycles. The van der Waals surface area contributed by atoms with Crippen molar-refractivity contribution in [2.24, 2.45) is 5.92 Å². The highest BCUT2D eigenvalue weighted by atomic mass is 35.5. The van der Waals surface area contributed by atoms with Crippen LogP contribution >= 0.6 is 12.4 Å². The second-order valence-electron chi connectivity index (χ2n) is 4.63. The standard InChI is InChI=1S/C12H24N2O.ClH/c1-13-8-9-14(2)12(15)10-11-6-4-3-5-7-11;/h11,13H,3-10H2,1-2H3;1H. The molecule has 0 spiro atoms. The van der Waals surface area contributed by atoms with Crippen LogP contribution in [0, 0.1) is 5.92 Å². The highest BCUT2D eigenvalue weighted by Crippen LogP contribution is 2.26. The Labute approximate surface area is 105 Å². The fourth-order valence-electron chi connectivity index (χ4n) is 2.20. The SMILES string of the molecule is CNCCN(C)C(=O)CC1CCCCC1.Cl. The Kier molecular flexibility index (Phi) is 8.67. The fourth-order valence-corrected chi connectivity index (χ4v) is 2.20. The van der Waals surface area contributed by atoms with E-state index in [9.17, 15) is 4.79 Å². The number of carbonyl (C=O) groups excluding carboxylic acids is 1. The molecule has 1 saturated carbocycles. The van der Waals surface area contributed by atoms with E-state index in [0.29, 0.717) is 11.8 Å². The minimum Gasteiger partial charge on any atom is -0.344 e. The lowest BCUT2D eigenvalue weighted by Gasteiger charge is -2.24. The van der Waals surface area contributed by atoms with Crippen molar-refractivity contribution in [3.05, 3.63) is 0 Å². The molecule has 1 fully saturated rings. The molecule has 0 heterocycles. The first kappa shape index (κ1) is 15.7. The maximum Gasteiger partial charge on any atom is 0.222 e. The van der Waals surface area contributed by atoms with Crippen LogP contribution in [0.1, 0.15) is 38.5 Å². The minimum absolute atomic E-state index is 0. The number of amides is 1. The summed E-state index contributed by atoms with van der Waals surface area (Å²) in [5.74, 6) is 0.973. The van der Waals surface area contributed by atoms with Crippen LogP contribution in [-0.2, 0) is 4.79 Å². The monoisotopic (exact) mass is 248 g/mol. The molecule has 1 N–H and O–H groups in total. The third-order valence-electron chi connectivity index (χ3n) is 3.31. The molecule has 96 valence electrons. The van der Waals surface area contributed by atoms with Crippen LogP contribution < -0.4 is 5.32 Å². The van der Waals surface area contributed by atoms with Crippen molar-refractivity contribution < 1.29 is 4.79 Å².